The number of hydrogen-bond acceptors (Lipinski definition) is 5. The van der Waals surface area contributed by atoms with Gasteiger partial charge in [-0.1, -0.05) is 47.6 Å². The molecular formula is C24H24F2N4O2. The lowest BCUT2D eigenvalue weighted by atomic mass is 9.97. The average Bonchev–Trinajstić information content (AvgIpc) is 3.29. The molecule has 0 aliphatic carbocycles. The largest absolute Gasteiger partial charge is 0.348 e. The number of amides is 1. The molecular weight excluding hydrogens is 414 g/mol. The van der Waals surface area contributed by atoms with Gasteiger partial charge in [0.25, 0.3) is 0 Å². The number of carbonyl (C=O) groups excluding carboxylic acids is 1. The number of aromatic nitrogens is 2. The number of benzene rings is 2. The second-order valence-electron chi connectivity index (χ2n) is 7.81. The van der Waals surface area contributed by atoms with E-state index in [1.54, 1.807) is 0 Å². The van der Waals surface area contributed by atoms with Crippen LogP contribution in [0, 0.1) is 17.6 Å². The fourth-order valence-electron chi connectivity index (χ4n) is 3.68. The molecule has 1 aliphatic heterocycles. The Hall–Kier alpha value is -3.39. The van der Waals surface area contributed by atoms with Gasteiger partial charge in [-0.2, -0.15) is 4.98 Å². The lowest BCUT2D eigenvalue weighted by Gasteiger charge is -2.31. The van der Waals surface area contributed by atoms with Crippen molar-refractivity contribution in [1.82, 2.24) is 20.4 Å². The zero-order chi connectivity index (χ0) is 22.3. The summed E-state index contributed by atoms with van der Waals surface area (Å²) in [4.78, 5) is 18.7. The van der Waals surface area contributed by atoms with Crippen LogP contribution < -0.4 is 5.32 Å². The standard InChI is InChI=1S/C24H24F2N4O2/c25-19-8-9-20(21(26)15-19)22-28-24(32-29-22)23(31)27-16-18-10-13-30(14-11-18)12-4-7-17-5-2-1-3-6-17/h1-9,15,18H,10-14,16H2,(H,27,31). The molecule has 1 amide bonds. The van der Waals surface area contributed by atoms with E-state index in [2.05, 4.69) is 44.6 Å². The van der Waals surface area contributed by atoms with Crippen LogP contribution in [0.2, 0.25) is 0 Å². The van der Waals surface area contributed by atoms with Crippen LogP contribution in [0.1, 0.15) is 29.1 Å². The first kappa shape index (κ1) is 21.8. The number of halogens is 2. The van der Waals surface area contributed by atoms with Gasteiger partial charge in [0.05, 0.1) is 5.56 Å². The third kappa shape index (κ3) is 5.64. The van der Waals surface area contributed by atoms with Crippen molar-refractivity contribution in [3.8, 4) is 11.4 Å². The third-order valence-electron chi connectivity index (χ3n) is 5.52. The molecule has 4 rings (SSSR count). The summed E-state index contributed by atoms with van der Waals surface area (Å²) in [6.07, 6.45) is 6.27. The van der Waals surface area contributed by atoms with E-state index in [0.29, 0.717) is 12.5 Å². The fourth-order valence-corrected chi connectivity index (χ4v) is 3.68. The van der Waals surface area contributed by atoms with Crippen LogP contribution in [0.15, 0.2) is 59.1 Å². The Bertz CT molecular complexity index is 1080. The minimum Gasteiger partial charge on any atom is -0.348 e. The molecule has 0 radical (unpaired) electrons. The molecule has 3 aromatic rings. The summed E-state index contributed by atoms with van der Waals surface area (Å²) in [5, 5.41) is 6.45. The Morgan fingerprint density at radius 3 is 2.69 bits per heavy atom. The van der Waals surface area contributed by atoms with Crippen molar-refractivity contribution >= 4 is 12.0 Å². The fraction of sp³-hybridized carbons (Fsp3) is 0.292. The van der Waals surface area contributed by atoms with Crippen LogP contribution in [-0.2, 0) is 0 Å². The molecule has 1 fully saturated rings. The molecule has 0 unspecified atom stereocenters. The van der Waals surface area contributed by atoms with Crippen molar-refractivity contribution in [3.63, 3.8) is 0 Å². The van der Waals surface area contributed by atoms with E-state index in [9.17, 15) is 13.6 Å². The van der Waals surface area contributed by atoms with Crippen LogP contribution in [0.25, 0.3) is 17.5 Å². The Kier molecular flexibility index (Phi) is 7.01. The third-order valence-corrected chi connectivity index (χ3v) is 5.52. The van der Waals surface area contributed by atoms with E-state index in [1.807, 2.05) is 18.2 Å². The molecule has 2 heterocycles. The summed E-state index contributed by atoms with van der Waals surface area (Å²) in [5.74, 6) is -1.99. The lowest BCUT2D eigenvalue weighted by molar-refractivity contribution is 0.0894. The normalized spacial score (nSPS) is 15.3. The number of piperidine rings is 1. The zero-order valence-corrected chi connectivity index (χ0v) is 17.5. The molecule has 0 spiro atoms. The maximum atomic E-state index is 13.9. The summed E-state index contributed by atoms with van der Waals surface area (Å²) in [6, 6.07) is 13.2. The van der Waals surface area contributed by atoms with Gasteiger partial charge in [-0.05, 0) is 49.5 Å². The van der Waals surface area contributed by atoms with Gasteiger partial charge in [0, 0.05) is 19.2 Å². The van der Waals surface area contributed by atoms with E-state index in [4.69, 9.17) is 4.52 Å². The average molecular weight is 438 g/mol. The molecule has 0 saturated carbocycles. The highest BCUT2D eigenvalue weighted by Crippen LogP contribution is 2.21. The number of carbonyl (C=O) groups is 1. The maximum absolute atomic E-state index is 13.9. The molecule has 8 heteroatoms. The molecule has 166 valence electrons. The Labute approximate surface area is 184 Å². The van der Waals surface area contributed by atoms with Crippen LogP contribution >= 0.6 is 0 Å². The number of rotatable bonds is 7. The lowest BCUT2D eigenvalue weighted by Crippen LogP contribution is -2.38. The summed E-state index contributed by atoms with van der Waals surface area (Å²) in [6.45, 7) is 3.34. The van der Waals surface area contributed by atoms with E-state index in [0.717, 1.165) is 44.6 Å². The quantitative estimate of drug-likeness (QED) is 0.600. The summed E-state index contributed by atoms with van der Waals surface area (Å²) >= 11 is 0. The Morgan fingerprint density at radius 2 is 1.94 bits per heavy atom. The molecule has 1 aromatic heterocycles. The van der Waals surface area contributed by atoms with Crippen molar-refractivity contribution in [1.29, 1.82) is 0 Å². The number of nitrogens with zero attached hydrogens (tertiary/aromatic N) is 3. The van der Waals surface area contributed by atoms with Crippen molar-refractivity contribution in [3.05, 3.63) is 77.7 Å². The minimum atomic E-state index is -0.817. The topological polar surface area (TPSA) is 71.3 Å². The smallest absolute Gasteiger partial charge is 0.316 e. The van der Waals surface area contributed by atoms with Gasteiger partial charge in [-0.3, -0.25) is 9.69 Å². The van der Waals surface area contributed by atoms with Crippen LogP contribution in [0.4, 0.5) is 8.78 Å². The van der Waals surface area contributed by atoms with Gasteiger partial charge in [0.1, 0.15) is 11.6 Å². The van der Waals surface area contributed by atoms with Gasteiger partial charge in [-0.15, -0.1) is 0 Å². The van der Waals surface area contributed by atoms with E-state index in [-0.39, 0.29) is 17.3 Å². The molecule has 0 bridgehead atoms. The first-order chi connectivity index (χ1) is 15.6. The monoisotopic (exact) mass is 438 g/mol. The minimum absolute atomic E-state index is 0.0251. The predicted molar refractivity (Wildman–Crippen MR) is 117 cm³/mol. The van der Waals surface area contributed by atoms with E-state index < -0.39 is 17.5 Å². The number of likely N-dealkylation sites (tertiary alicyclic amines) is 1. The first-order valence-corrected chi connectivity index (χ1v) is 10.6. The van der Waals surface area contributed by atoms with Crippen LogP contribution in [0.3, 0.4) is 0 Å². The molecule has 32 heavy (non-hydrogen) atoms. The highest BCUT2D eigenvalue weighted by Gasteiger charge is 2.22. The molecule has 0 atom stereocenters. The van der Waals surface area contributed by atoms with Gasteiger partial charge >= 0.3 is 11.8 Å². The van der Waals surface area contributed by atoms with Gasteiger partial charge in [-0.25, -0.2) is 8.78 Å². The van der Waals surface area contributed by atoms with Crippen molar-refractivity contribution in [2.45, 2.75) is 12.8 Å². The highest BCUT2D eigenvalue weighted by atomic mass is 19.1. The Balaban J connectivity index is 1.22. The van der Waals surface area contributed by atoms with Gasteiger partial charge < -0.3 is 9.84 Å². The first-order valence-electron chi connectivity index (χ1n) is 10.6. The molecule has 1 aliphatic rings. The molecule has 1 N–H and O–H groups in total. The number of hydrogen-bond donors (Lipinski definition) is 1. The second-order valence-corrected chi connectivity index (χ2v) is 7.81. The summed E-state index contributed by atoms with van der Waals surface area (Å²) in [7, 11) is 0. The summed E-state index contributed by atoms with van der Waals surface area (Å²) in [5.41, 5.74) is 1.17. The van der Waals surface area contributed by atoms with Gasteiger partial charge in [0.15, 0.2) is 0 Å². The van der Waals surface area contributed by atoms with E-state index in [1.165, 1.54) is 11.6 Å². The summed E-state index contributed by atoms with van der Waals surface area (Å²) < 4.78 is 31.9. The second kappa shape index (κ2) is 10.3. The van der Waals surface area contributed by atoms with Crippen molar-refractivity contribution in [2.75, 3.05) is 26.2 Å². The zero-order valence-electron chi connectivity index (χ0n) is 17.5. The highest BCUT2D eigenvalue weighted by molar-refractivity contribution is 5.89. The number of nitrogens with one attached hydrogen (secondary N) is 1. The van der Waals surface area contributed by atoms with Crippen LogP contribution in [0.5, 0.6) is 0 Å². The van der Waals surface area contributed by atoms with Crippen molar-refractivity contribution < 1.29 is 18.1 Å². The maximum Gasteiger partial charge on any atom is 0.316 e. The Morgan fingerprint density at radius 1 is 1.16 bits per heavy atom. The van der Waals surface area contributed by atoms with Crippen LogP contribution in [-0.4, -0.2) is 47.1 Å². The molecule has 6 nitrogen and oxygen atoms in total. The SMILES string of the molecule is O=C(NCC1CCN(CC=Cc2ccccc2)CC1)c1nc(-c2ccc(F)cc2F)no1. The van der Waals surface area contributed by atoms with E-state index >= 15 is 0 Å². The van der Waals surface area contributed by atoms with Gasteiger partial charge in [0.2, 0.25) is 5.82 Å². The predicted octanol–water partition coefficient (Wildman–Crippen LogP) is 4.17. The molecule has 1 saturated heterocycles. The molecule has 2 aromatic carbocycles. The van der Waals surface area contributed by atoms with Crippen molar-refractivity contribution in [2.24, 2.45) is 5.92 Å².